The van der Waals surface area contributed by atoms with E-state index in [0.717, 1.165) is 17.7 Å². The van der Waals surface area contributed by atoms with Gasteiger partial charge < -0.3 is 24.6 Å². The Balaban J connectivity index is 1.72. The summed E-state index contributed by atoms with van der Waals surface area (Å²) in [6.45, 7) is 3.29. The Hall–Kier alpha value is -4.38. The second kappa shape index (κ2) is 12.5. The number of hydrogen-bond donors (Lipinski definition) is 2. The van der Waals surface area contributed by atoms with Gasteiger partial charge >= 0.3 is 12.1 Å². The summed E-state index contributed by atoms with van der Waals surface area (Å²) in [4.78, 5) is 25.5. The molecule has 2 N–H and O–H groups in total. The topological polar surface area (TPSA) is 99.0 Å². The number of carboxylic acid groups (broad SMARTS) is 1. The molecule has 0 aliphatic carbocycles. The van der Waals surface area contributed by atoms with Gasteiger partial charge in [-0.2, -0.15) is 13.2 Å². The van der Waals surface area contributed by atoms with Gasteiger partial charge in [0.25, 0.3) is 5.91 Å². The summed E-state index contributed by atoms with van der Waals surface area (Å²) in [7, 11) is 2.61. The molecule has 3 aromatic carbocycles. The first-order valence-corrected chi connectivity index (χ1v) is 13.5. The molecule has 1 unspecified atom stereocenters. The van der Waals surface area contributed by atoms with Crippen LogP contribution < -0.4 is 19.5 Å². The van der Waals surface area contributed by atoms with Crippen LogP contribution in [0.5, 0.6) is 17.2 Å². The highest BCUT2D eigenvalue weighted by Gasteiger charge is 2.35. The summed E-state index contributed by atoms with van der Waals surface area (Å²) in [5.41, 5.74) is -1.05. The van der Waals surface area contributed by atoms with Gasteiger partial charge in [-0.1, -0.05) is 23.7 Å². The van der Waals surface area contributed by atoms with E-state index in [-0.39, 0.29) is 24.3 Å². The quantitative estimate of drug-likeness (QED) is 0.178. The number of halogens is 4. The van der Waals surface area contributed by atoms with Crippen molar-refractivity contribution < 1.29 is 42.1 Å². The van der Waals surface area contributed by atoms with Crippen molar-refractivity contribution in [3.8, 4) is 17.2 Å². The number of fused-ring (bicyclic) bond motifs is 1. The van der Waals surface area contributed by atoms with Gasteiger partial charge in [-0.05, 0) is 56.2 Å². The van der Waals surface area contributed by atoms with Gasteiger partial charge in [-0.15, -0.1) is 0 Å². The highest BCUT2D eigenvalue weighted by Crippen LogP contribution is 2.39. The van der Waals surface area contributed by atoms with Crippen LogP contribution in [0.4, 0.5) is 18.9 Å². The van der Waals surface area contributed by atoms with Crippen molar-refractivity contribution in [2.75, 3.05) is 26.1 Å². The Morgan fingerprint density at radius 2 is 1.65 bits per heavy atom. The van der Waals surface area contributed by atoms with Crippen LogP contribution in [-0.4, -0.2) is 42.4 Å². The number of alkyl halides is 3. The van der Waals surface area contributed by atoms with E-state index in [2.05, 4.69) is 5.32 Å². The molecular weight excluding hydrogens is 589 g/mol. The Kier molecular flexibility index (Phi) is 9.15. The third kappa shape index (κ3) is 7.16. The molecule has 0 aliphatic heterocycles. The number of hydrogen-bond acceptors (Lipinski definition) is 6. The molecule has 8 nitrogen and oxygen atoms in total. The van der Waals surface area contributed by atoms with Gasteiger partial charge in [-0.25, -0.2) is 0 Å². The van der Waals surface area contributed by atoms with E-state index in [9.17, 15) is 27.9 Å². The molecule has 4 rings (SSSR count). The van der Waals surface area contributed by atoms with Crippen molar-refractivity contribution in [3.63, 3.8) is 0 Å². The van der Waals surface area contributed by atoms with Crippen molar-refractivity contribution in [2.45, 2.75) is 32.5 Å². The first-order valence-electron chi connectivity index (χ1n) is 13.1. The minimum Gasteiger partial charge on any atom is -0.497 e. The monoisotopic (exact) mass is 618 g/mol. The summed E-state index contributed by atoms with van der Waals surface area (Å²) in [6, 6.07) is 13.9. The fourth-order valence-corrected chi connectivity index (χ4v) is 4.51. The number of aromatic nitrogens is 1. The second-order valence-electron chi connectivity index (χ2n) is 10.4. The van der Waals surface area contributed by atoms with E-state index in [4.69, 9.17) is 25.8 Å². The number of aliphatic carboxylic acids is 1. The molecule has 1 atom stereocenters. The number of carbonyl (C=O) groups is 2. The van der Waals surface area contributed by atoms with Gasteiger partial charge in [0, 0.05) is 40.5 Å². The molecular formula is C31H30ClF3N2O6. The maximum Gasteiger partial charge on any atom is 0.420 e. The van der Waals surface area contributed by atoms with Crippen molar-refractivity contribution in [1.29, 1.82) is 0 Å². The normalized spacial score (nSPS) is 12.6. The lowest BCUT2D eigenvalue weighted by Crippen LogP contribution is -2.26. The zero-order valence-electron chi connectivity index (χ0n) is 23.8. The molecule has 228 valence electrons. The molecule has 43 heavy (non-hydrogen) atoms. The minimum atomic E-state index is -4.71. The lowest BCUT2D eigenvalue weighted by Gasteiger charge is -2.22. The summed E-state index contributed by atoms with van der Waals surface area (Å²) >= 11 is 6.08. The summed E-state index contributed by atoms with van der Waals surface area (Å²) in [6.07, 6.45) is -3.07. The SMILES string of the molecule is COc1cc(NC(C(=O)n2ccc3cc(OC)c(C(F)(F)F)cc32)c2ccc(Cl)cc2)cc(OCCC(C)(C)C(=O)O)c1. The molecule has 0 fully saturated rings. The van der Waals surface area contributed by atoms with Crippen LogP contribution in [-0.2, 0) is 11.0 Å². The standard InChI is InChI=1S/C31H30ClF3N2O6/c1-30(2,29(39)40)10-12-43-23-15-21(14-22(16-23)41-3)36-27(18-5-7-20(32)8-6-18)28(38)37-11-9-19-13-26(42-4)24(17-25(19)37)31(33,34)35/h5-9,11,13-17,27,36H,10,12H2,1-4H3,(H,39,40). The number of nitrogens with zero attached hydrogens (tertiary/aromatic N) is 1. The Labute approximate surface area is 250 Å². The number of anilines is 1. The van der Waals surface area contributed by atoms with Crippen LogP contribution in [0.2, 0.25) is 5.02 Å². The number of carbonyl (C=O) groups excluding carboxylic acids is 1. The average Bonchev–Trinajstić information content (AvgIpc) is 3.37. The lowest BCUT2D eigenvalue weighted by atomic mass is 9.90. The lowest BCUT2D eigenvalue weighted by molar-refractivity contribution is -0.147. The average molecular weight is 619 g/mol. The van der Waals surface area contributed by atoms with Crippen LogP contribution in [0.25, 0.3) is 10.9 Å². The molecule has 0 saturated carbocycles. The van der Waals surface area contributed by atoms with E-state index < -0.39 is 35.1 Å². The highest BCUT2D eigenvalue weighted by molar-refractivity contribution is 6.30. The summed E-state index contributed by atoms with van der Waals surface area (Å²) in [5, 5.41) is 13.4. The fourth-order valence-electron chi connectivity index (χ4n) is 4.38. The molecule has 0 radical (unpaired) electrons. The van der Waals surface area contributed by atoms with Crippen LogP contribution in [0.15, 0.2) is 66.9 Å². The number of benzene rings is 3. The molecule has 1 heterocycles. The number of carboxylic acids is 1. The first-order chi connectivity index (χ1) is 20.2. The fraction of sp³-hybridized carbons (Fsp3) is 0.290. The van der Waals surface area contributed by atoms with Gasteiger partial charge in [0.2, 0.25) is 0 Å². The highest BCUT2D eigenvalue weighted by atomic mass is 35.5. The Morgan fingerprint density at radius 1 is 0.977 bits per heavy atom. The Bertz CT molecular complexity index is 1630. The molecule has 0 aliphatic rings. The van der Waals surface area contributed by atoms with Crippen molar-refractivity contribution in [2.24, 2.45) is 5.41 Å². The third-order valence-electron chi connectivity index (χ3n) is 7.01. The van der Waals surface area contributed by atoms with Crippen molar-refractivity contribution in [1.82, 2.24) is 4.57 Å². The van der Waals surface area contributed by atoms with Gasteiger partial charge in [-0.3, -0.25) is 14.2 Å². The second-order valence-corrected chi connectivity index (χ2v) is 10.9. The van der Waals surface area contributed by atoms with Gasteiger partial charge in [0.1, 0.15) is 23.3 Å². The number of ether oxygens (including phenoxy) is 3. The summed E-state index contributed by atoms with van der Waals surface area (Å²) < 4.78 is 58.7. The van der Waals surface area contributed by atoms with E-state index in [0.29, 0.717) is 33.2 Å². The minimum absolute atomic E-state index is 0.0506. The molecule has 0 bridgehead atoms. The molecule has 0 spiro atoms. The largest absolute Gasteiger partial charge is 0.497 e. The smallest absolute Gasteiger partial charge is 0.420 e. The Morgan fingerprint density at radius 3 is 2.26 bits per heavy atom. The van der Waals surface area contributed by atoms with Crippen LogP contribution in [0.1, 0.15) is 42.2 Å². The molecule has 12 heteroatoms. The van der Waals surface area contributed by atoms with Crippen molar-refractivity contribution in [3.05, 3.63) is 83.0 Å². The van der Waals surface area contributed by atoms with Crippen LogP contribution >= 0.6 is 11.6 Å². The zero-order valence-corrected chi connectivity index (χ0v) is 24.5. The van der Waals surface area contributed by atoms with E-state index in [1.54, 1.807) is 56.3 Å². The molecule has 1 aromatic heterocycles. The maximum atomic E-state index is 14.0. The van der Waals surface area contributed by atoms with E-state index >= 15 is 0 Å². The number of rotatable bonds is 11. The van der Waals surface area contributed by atoms with Crippen LogP contribution in [0, 0.1) is 5.41 Å². The number of methoxy groups -OCH3 is 2. The predicted octanol–water partition coefficient (Wildman–Crippen LogP) is 7.70. The maximum absolute atomic E-state index is 14.0. The van der Waals surface area contributed by atoms with Gasteiger partial charge in [0.05, 0.1) is 37.3 Å². The summed E-state index contributed by atoms with van der Waals surface area (Å²) in [5.74, 6) is -1.11. The first kappa shape index (κ1) is 31.6. The molecule has 0 saturated heterocycles. The third-order valence-corrected chi connectivity index (χ3v) is 7.26. The number of nitrogens with one attached hydrogen (secondary N) is 1. The van der Waals surface area contributed by atoms with Gasteiger partial charge in [0.15, 0.2) is 0 Å². The predicted molar refractivity (Wildman–Crippen MR) is 156 cm³/mol. The molecule has 0 amide bonds. The van der Waals surface area contributed by atoms with E-state index in [1.165, 1.54) is 25.4 Å². The molecule has 4 aromatic rings. The van der Waals surface area contributed by atoms with E-state index in [1.807, 2.05) is 0 Å². The van der Waals surface area contributed by atoms with Crippen LogP contribution in [0.3, 0.4) is 0 Å². The van der Waals surface area contributed by atoms with Crippen molar-refractivity contribution >= 4 is 40.1 Å². The zero-order chi connectivity index (χ0) is 31.5.